The van der Waals surface area contributed by atoms with Crippen molar-refractivity contribution in [2.45, 2.75) is 5.41 Å². The summed E-state index contributed by atoms with van der Waals surface area (Å²) in [4.78, 5) is 2.52. The van der Waals surface area contributed by atoms with Gasteiger partial charge in [-0.3, -0.25) is 0 Å². The molecule has 0 unspecified atom stereocenters. The smallest absolute Gasteiger partial charge is 0.137 e. The number of furan rings is 1. The van der Waals surface area contributed by atoms with Crippen molar-refractivity contribution in [3.8, 4) is 33.4 Å². The predicted octanol–water partition coefficient (Wildman–Crippen LogP) is 15.9. The van der Waals surface area contributed by atoms with E-state index < -0.39 is 5.41 Å². The molecule has 0 fully saturated rings. The maximum absolute atomic E-state index is 6.61. The first-order valence-electron chi connectivity index (χ1n) is 21.0. The Morgan fingerprint density at radius 3 is 1.62 bits per heavy atom. The van der Waals surface area contributed by atoms with Gasteiger partial charge in [-0.05, 0) is 91.9 Å². The van der Waals surface area contributed by atoms with Gasteiger partial charge in [0.25, 0.3) is 0 Å². The average molecular weight is 778 g/mol. The maximum Gasteiger partial charge on any atom is 0.137 e. The summed E-state index contributed by atoms with van der Waals surface area (Å²) in [5.74, 6) is 0. The Kier molecular flexibility index (Phi) is 8.11. The van der Waals surface area contributed by atoms with Crippen LogP contribution in [0.3, 0.4) is 0 Å². The van der Waals surface area contributed by atoms with Crippen molar-refractivity contribution in [3.05, 3.63) is 259 Å². The van der Waals surface area contributed by atoms with E-state index in [1.165, 1.54) is 60.8 Å². The van der Waals surface area contributed by atoms with E-state index in [-0.39, 0.29) is 0 Å². The molecule has 61 heavy (non-hydrogen) atoms. The maximum atomic E-state index is 6.61. The van der Waals surface area contributed by atoms with Crippen LogP contribution >= 0.6 is 0 Å². The van der Waals surface area contributed by atoms with Crippen LogP contribution in [0.5, 0.6) is 0 Å². The van der Waals surface area contributed by atoms with E-state index >= 15 is 0 Å². The first kappa shape index (κ1) is 35.0. The molecule has 1 heterocycles. The molecule has 1 aromatic heterocycles. The summed E-state index contributed by atoms with van der Waals surface area (Å²) in [5, 5.41) is 4.54. The van der Waals surface area contributed by atoms with Crippen molar-refractivity contribution >= 4 is 49.8 Å². The molecule has 10 aromatic carbocycles. The largest absolute Gasteiger partial charge is 0.456 e. The minimum Gasteiger partial charge on any atom is -0.456 e. The van der Waals surface area contributed by atoms with Crippen LogP contribution in [0.25, 0.3) is 66.1 Å². The van der Waals surface area contributed by atoms with Crippen molar-refractivity contribution in [2.75, 3.05) is 4.90 Å². The number of nitrogens with zero attached hydrogens (tertiary/aromatic N) is 1. The molecule has 0 atom stereocenters. The van der Waals surface area contributed by atoms with Crippen LogP contribution in [0, 0.1) is 0 Å². The zero-order valence-electron chi connectivity index (χ0n) is 33.4. The number of fused-ring (bicyclic) bond motifs is 7. The second kappa shape index (κ2) is 14.1. The SMILES string of the molecule is c1ccc(-c2ccccc2-c2ccc(N(c3c4c(cc5ccccc35)C(c3ccccc3)(c3ccccc3)c3ccccc3-4)c3cccc4oc5ccccc5c34)cc2)cc1. The number of hydrogen-bond donors (Lipinski definition) is 0. The molecule has 2 nitrogen and oxygen atoms in total. The Balaban J connectivity index is 1.20. The number of para-hydroxylation sites is 1. The lowest BCUT2D eigenvalue weighted by atomic mass is 9.67. The molecule has 0 amide bonds. The molecule has 2 heteroatoms. The van der Waals surface area contributed by atoms with Gasteiger partial charge in [0.1, 0.15) is 11.2 Å². The summed E-state index contributed by atoms with van der Waals surface area (Å²) in [7, 11) is 0. The van der Waals surface area contributed by atoms with Gasteiger partial charge in [0.15, 0.2) is 0 Å². The fourth-order valence-electron chi connectivity index (χ4n) is 10.2. The lowest BCUT2D eigenvalue weighted by Gasteiger charge is -2.35. The first-order chi connectivity index (χ1) is 30.3. The van der Waals surface area contributed by atoms with E-state index in [4.69, 9.17) is 4.42 Å². The summed E-state index contributed by atoms with van der Waals surface area (Å²) < 4.78 is 6.61. The van der Waals surface area contributed by atoms with Crippen LogP contribution in [-0.4, -0.2) is 0 Å². The zero-order valence-corrected chi connectivity index (χ0v) is 33.4. The van der Waals surface area contributed by atoms with Gasteiger partial charge in [0, 0.05) is 22.0 Å². The number of anilines is 3. The quantitative estimate of drug-likeness (QED) is 0.160. The van der Waals surface area contributed by atoms with Crippen LogP contribution in [0.2, 0.25) is 0 Å². The van der Waals surface area contributed by atoms with Crippen LogP contribution in [0.4, 0.5) is 17.1 Å². The normalized spacial score (nSPS) is 12.7. The molecule has 0 N–H and O–H groups in total. The molecular formula is C59H39NO. The third-order valence-corrected chi connectivity index (χ3v) is 12.7. The fourth-order valence-corrected chi connectivity index (χ4v) is 10.2. The monoisotopic (exact) mass is 777 g/mol. The summed E-state index contributed by atoms with van der Waals surface area (Å²) in [6.07, 6.45) is 0. The van der Waals surface area contributed by atoms with Gasteiger partial charge in [-0.1, -0.05) is 200 Å². The lowest BCUT2D eigenvalue weighted by Crippen LogP contribution is -2.28. The third kappa shape index (κ3) is 5.36. The lowest BCUT2D eigenvalue weighted by molar-refractivity contribution is 0.669. The average Bonchev–Trinajstić information content (AvgIpc) is 3.87. The minimum atomic E-state index is -0.571. The van der Waals surface area contributed by atoms with Gasteiger partial charge in [-0.2, -0.15) is 0 Å². The third-order valence-electron chi connectivity index (χ3n) is 12.7. The topological polar surface area (TPSA) is 16.4 Å². The van der Waals surface area contributed by atoms with Gasteiger partial charge < -0.3 is 9.32 Å². The molecule has 0 saturated heterocycles. The molecule has 0 bridgehead atoms. The Hall–Kier alpha value is -7.94. The van der Waals surface area contributed by atoms with Gasteiger partial charge >= 0.3 is 0 Å². The van der Waals surface area contributed by atoms with Gasteiger partial charge in [-0.25, -0.2) is 0 Å². The van der Waals surface area contributed by atoms with Crippen LogP contribution < -0.4 is 4.90 Å². The zero-order chi connectivity index (χ0) is 40.3. The number of benzene rings is 10. The number of hydrogen-bond acceptors (Lipinski definition) is 2. The molecule has 286 valence electrons. The molecule has 0 saturated carbocycles. The van der Waals surface area contributed by atoms with E-state index in [0.717, 1.165) is 44.6 Å². The Morgan fingerprint density at radius 2 is 0.918 bits per heavy atom. The highest BCUT2D eigenvalue weighted by Gasteiger charge is 2.48. The van der Waals surface area contributed by atoms with Crippen LogP contribution in [0.15, 0.2) is 241 Å². The van der Waals surface area contributed by atoms with E-state index in [0.29, 0.717) is 0 Å². The standard InChI is InChI=1S/C59H39NO/c1-4-19-40(20-5-1)46-26-12-13-27-47(46)41-35-37-45(38-36-41)60(53-32-18-34-55-57(53)50-30-15-17-33-54(50)61-55)58-48-28-11-10-21-42(48)39-52-56(58)49-29-14-16-31-51(49)59(52,43-22-6-2-7-23-43)44-24-8-3-9-25-44/h1-39H. The van der Waals surface area contributed by atoms with E-state index in [1.807, 2.05) is 0 Å². The molecule has 11 aromatic rings. The van der Waals surface area contributed by atoms with E-state index in [1.54, 1.807) is 0 Å². The molecule has 12 rings (SSSR count). The highest BCUT2D eigenvalue weighted by molar-refractivity contribution is 6.17. The molecule has 1 aliphatic rings. The molecule has 1 aliphatic carbocycles. The van der Waals surface area contributed by atoms with Crippen LogP contribution in [0.1, 0.15) is 22.3 Å². The molecule has 0 radical (unpaired) electrons. The summed E-state index contributed by atoms with van der Waals surface area (Å²) in [6.45, 7) is 0. The van der Waals surface area contributed by atoms with Gasteiger partial charge in [-0.15, -0.1) is 0 Å². The van der Waals surface area contributed by atoms with Crippen molar-refractivity contribution in [2.24, 2.45) is 0 Å². The molecular weight excluding hydrogens is 739 g/mol. The molecule has 0 aliphatic heterocycles. The fraction of sp³-hybridized carbons (Fsp3) is 0.0169. The minimum absolute atomic E-state index is 0.571. The second-order valence-electron chi connectivity index (χ2n) is 15.9. The number of rotatable bonds is 7. The van der Waals surface area contributed by atoms with Crippen molar-refractivity contribution in [3.63, 3.8) is 0 Å². The Bertz CT molecular complexity index is 3360. The molecule has 0 spiro atoms. The predicted molar refractivity (Wildman–Crippen MR) is 254 cm³/mol. The van der Waals surface area contributed by atoms with E-state index in [9.17, 15) is 0 Å². The van der Waals surface area contributed by atoms with Gasteiger partial charge in [0.2, 0.25) is 0 Å². The summed E-state index contributed by atoms with van der Waals surface area (Å²) >= 11 is 0. The highest BCUT2D eigenvalue weighted by atomic mass is 16.3. The Morgan fingerprint density at radius 1 is 0.377 bits per heavy atom. The van der Waals surface area contributed by atoms with Crippen molar-refractivity contribution in [1.82, 2.24) is 0 Å². The first-order valence-corrected chi connectivity index (χ1v) is 21.0. The van der Waals surface area contributed by atoms with Crippen LogP contribution in [-0.2, 0) is 5.41 Å². The van der Waals surface area contributed by atoms with Gasteiger partial charge in [0.05, 0.1) is 22.2 Å². The second-order valence-corrected chi connectivity index (χ2v) is 15.9. The van der Waals surface area contributed by atoms with Crippen molar-refractivity contribution in [1.29, 1.82) is 0 Å². The van der Waals surface area contributed by atoms with Crippen molar-refractivity contribution < 1.29 is 4.42 Å². The Labute approximate surface area is 355 Å². The summed E-state index contributed by atoms with van der Waals surface area (Å²) in [5.41, 5.74) is 16.7. The van der Waals surface area contributed by atoms with E-state index in [2.05, 4.69) is 241 Å². The highest BCUT2D eigenvalue weighted by Crippen LogP contribution is 2.61. The summed E-state index contributed by atoms with van der Waals surface area (Å²) in [6, 6.07) is 86.1.